The number of carboxylic acid groups (broad SMARTS) is 1. The highest BCUT2D eigenvalue weighted by Crippen LogP contribution is 2.28. The number of benzene rings is 1. The van der Waals surface area contributed by atoms with Crippen molar-refractivity contribution >= 4 is 23.0 Å². The van der Waals surface area contributed by atoms with Gasteiger partial charge in [0.1, 0.15) is 23.8 Å². The van der Waals surface area contributed by atoms with E-state index in [0.717, 1.165) is 19.3 Å². The van der Waals surface area contributed by atoms with Crippen molar-refractivity contribution in [3.05, 3.63) is 35.9 Å². The number of aryl methyl sites for hydroxylation is 1. The molecule has 3 N–H and O–H groups in total. The highest BCUT2D eigenvalue weighted by atomic mass is 19.1. The Kier molecular flexibility index (Phi) is 5.57. The van der Waals surface area contributed by atoms with Crippen LogP contribution in [0.15, 0.2) is 24.3 Å². The van der Waals surface area contributed by atoms with E-state index in [0.29, 0.717) is 35.4 Å². The number of anilines is 1. The van der Waals surface area contributed by atoms with Gasteiger partial charge in [-0.1, -0.05) is 24.5 Å². The molecule has 1 aliphatic rings. The van der Waals surface area contributed by atoms with Gasteiger partial charge >= 0.3 is 5.97 Å². The van der Waals surface area contributed by atoms with E-state index in [9.17, 15) is 14.3 Å². The molecule has 1 aliphatic carbocycles. The topological polar surface area (TPSA) is 113 Å². The van der Waals surface area contributed by atoms with Crippen LogP contribution in [0.2, 0.25) is 0 Å². The van der Waals surface area contributed by atoms with E-state index in [4.69, 9.17) is 5.11 Å². The fourth-order valence-electron chi connectivity index (χ4n) is 3.72. The second-order valence-electron chi connectivity index (χ2n) is 7.66. The molecule has 0 radical (unpaired) electrons. The van der Waals surface area contributed by atoms with E-state index in [-0.39, 0.29) is 18.2 Å². The third-order valence-electron chi connectivity index (χ3n) is 5.30. The molecule has 31 heavy (non-hydrogen) atoms. The number of nitrogens with zero attached hydrogens (tertiary/aromatic N) is 4. The summed E-state index contributed by atoms with van der Waals surface area (Å²) in [6, 6.07) is 6.01. The van der Waals surface area contributed by atoms with Crippen LogP contribution in [-0.2, 0) is 11.8 Å². The summed E-state index contributed by atoms with van der Waals surface area (Å²) in [6.45, 7) is -0.366. The molecule has 0 unspecified atom stereocenters. The second kappa shape index (κ2) is 8.32. The summed E-state index contributed by atoms with van der Waals surface area (Å²) in [4.78, 5) is 24.4. The van der Waals surface area contributed by atoms with Gasteiger partial charge in [-0.25, -0.2) is 19.3 Å². The summed E-state index contributed by atoms with van der Waals surface area (Å²) in [5.41, 5.74) is 0.255. The molecule has 0 spiro atoms. The van der Waals surface area contributed by atoms with Crippen LogP contribution < -0.4 is 5.32 Å². The van der Waals surface area contributed by atoms with Crippen LogP contribution in [0, 0.1) is 17.7 Å². The van der Waals surface area contributed by atoms with E-state index >= 15 is 0 Å². The molecule has 0 aliphatic heterocycles. The molecule has 4 rings (SSSR count). The van der Waals surface area contributed by atoms with Crippen molar-refractivity contribution < 1.29 is 19.4 Å². The standard InChI is InChI=1S/C22H22FN5O3/c1-28-20(14-6-5-7-15(23)12-14)27-18-19(24-13-17(29)30)25-16(26-21(18)28)8-11-22(31)9-3-2-4-10-22/h5-7,12,31H,2-4,9-10,13H2,1H3,(H,29,30)(H,24,25,26). The second-order valence-corrected chi connectivity index (χ2v) is 7.66. The quantitative estimate of drug-likeness (QED) is 0.553. The lowest BCUT2D eigenvalue weighted by Gasteiger charge is -2.26. The van der Waals surface area contributed by atoms with E-state index in [1.54, 1.807) is 23.7 Å². The van der Waals surface area contributed by atoms with Crippen molar-refractivity contribution in [2.75, 3.05) is 11.9 Å². The van der Waals surface area contributed by atoms with Crippen LogP contribution in [0.3, 0.4) is 0 Å². The third-order valence-corrected chi connectivity index (χ3v) is 5.30. The fourth-order valence-corrected chi connectivity index (χ4v) is 3.72. The Hall–Kier alpha value is -3.51. The molecule has 0 amide bonds. The Labute approximate surface area is 178 Å². The third kappa shape index (κ3) is 4.49. The normalized spacial score (nSPS) is 15.3. The van der Waals surface area contributed by atoms with Gasteiger partial charge in [-0.15, -0.1) is 0 Å². The largest absolute Gasteiger partial charge is 0.480 e. The van der Waals surface area contributed by atoms with Crippen molar-refractivity contribution in [3.63, 3.8) is 0 Å². The Bertz CT molecular complexity index is 1210. The average molecular weight is 423 g/mol. The van der Waals surface area contributed by atoms with Crippen molar-refractivity contribution in [1.29, 1.82) is 0 Å². The van der Waals surface area contributed by atoms with E-state index < -0.39 is 17.4 Å². The Morgan fingerprint density at radius 3 is 2.74 bits per heavy atom. The first-order valence-corrected chi connectivity index (χ1v) is 10.1. The van der Waals surface area contributed by atoms with Crippen LogP contribution in [0.1, 0.15) is 37.9 Å². The lowest BCUT2D eigenvalue weighted by atomic mass is 9.85. The van der Waals surface area contributed by atoms with Crippen molar-refractivity contribution in [1.82, 2.24) is 19.5 Å². The summed E-state index contributed by atoms with van der Waals surface area (Å²) < 4.78 is 15.4. The molecule has 9 heteroatoms. The molecular formula is C22H22FN5O3. The number of halogens is 1. The lowest BCUT2D eigenvalue weighted by molar-refractivity contribution is -0.134. The van der Waals surface area contributed by atoms with Gasteiger partial charge in [0.05, 0.1) is 0 Å². The Morgan fingerprint density at radius 2 is 2.03 bits per heavy atom. The zero-order valence-corrected chi connectivity index (χ0v) is 17.0. The summed E-state index contributed by atoms with van der Waals surface area (Å²) in [5.74, 6) is 5.11. The molecule has 2 heterocycles. The molecule has 1 fully saturated rings. The van der Waals surface area contributed by atoms with E-state index in [2.05, 4.69) is 32.1 Å². The van der Waals surface area contributed by atoms with Gasteiger partial charge < -0.3 is 20.1 Å². The number of fused-ring (bicyclic) bond motifs is 1. The van der Waals surface area contributed by atoms with Crippen LogP contribution in [-0.4, -0.2) is 47.8 Å². The first-order chi connectivity index (χ1) is 14.8. The first kappa shape index (κ1) is 20.8. The molecule has 3 aromatic rings. The van der Waals surface area contributed by atoms with Gasteiger partial charge in [-0.05, 0) is 43.7 Å². The molecule has 160 valence electrons. The number of rotatable bonds is 4. The highest BCUT2D eigenvalue weighted by Gasteiger charge is 2.27. The van der Waals surface area contributed by atoms with Crippen LogP contribution >= 0.6 is 0 Å². The maximum atomic E-state index is 13.7. The van der Waals surface area contributed by atoms with Crippen molar-refractivity contribution in [3.8, 4) is 23.2 Å². The van der Waals surface area contributed by atoms with E-state index in [1.165, 1.54) is 12.1 Å². The number of carboxylic acids is 1. The molecule has 0 saturated heterocycles. The Morgan fingerprint density at radius 1 is 1.26 bits per heavy atom. The predicted molar refractivity (Wildman–Crippen MR) is 113 cm³/mol. The maximum absolute atomic E-state index is 13.7. The van der Waals surface area contributed by atoms with Gasteiger partial charge in [-0.3, -0.25) is 4.79 Å². The monoisotopic (exact) mass is 423 g/mol. The van der Waals surface area contributed by atoms with Crippen LogP contribution in [0.25, 0.3) is 22.6 Å². The summed E-state index contributed by atoms with van der Waals surface area (Å²) in [5, 5.41) is 22.5. The molecule has 8 nitrogen and oxygen atoms in total. The minimum absolute atomic E-state index is 0.146. The zero-order valence-electron chi connectivity index (χ0n) is 17.0. The minimum Gasteiger partial charge on any atom is -0.480 e. The number of aliphatic carboxylic acids is 1. The van der Waals surface area contributed by atoms with E-state index in [1.807, 2.05) is 0 Å². The zero-order chi connectivity index (χ0) is 22.0. The number of hydrogen-bond donors (Lipinski definition) is 3. The molecule has 1 saturated carbocycles. The molecule has 1 aromatic carbocycles. The fraction of sp³-hybridized carbons (Fsp3) is 0.364. The van der Waals surface area contributed by atoms with Crippen molar-refractivity contribution in [2.24, 2.45) is 7.05 Å². The van der Waals surface area contributed by atoms with Crippen LogP contribution in [0.5, 0.6) is 0 Å². The lowest BCUT2D eigenvalue weighted by Crippen LogP contribution is -2.29. The predicted octanol–water partition coefficient (Wildman–Crippen LogP) is 2.71. The highest BCUT2D eigenvalue weighted by molar-refractivity contribution is 5.88. The smallest absolute Gasteiger partial charge is 0.322 e. The maximum Gasteiger partial charge on any atom is 0.322 e. The number of imidazole rings is 1. The number of aliphatic hydroxyl groups is 1. The molecular weight excluding hydrogens is 401 g/mol. The Balaban J connectivity index is 1.81. The summed E-state index contributed by atoms with van der Waals surface area (Å²) >= 11 is 0. The van der Waals surface area contributed by atoms with Gasteiger partial charge in [0.25, 0.3) is 0 Å². The molecule has 0 atom stereocenters. The van der Waals surface area contributed by atoms with Gasteiger partial charge in [-0.2, -0.15) is 0 Å². The average Bonchev–Trinajstić information content (AvgIpc) is 3.08. The van der Waals surface area contributed by atoms with Crippen LogP contribution in [0.4, 0.5) is 10.2 Å². The molecule has 0 bridgehead atoms. The van der Waals surface area contributed by atoms with Crippen molar-refractivity contribution in [2.45, 2.75) is 37.7 Å². The van der Waals surface area contributed by atoms with Gasteiger partial charge in [0, 0.05) is 12.6 Å². The number of hydrogen-bond acceptors (Lipinski definition) is 6. The summed E-state index contributed by atoms with van der Waals surface area (Å²) in [6.07, 6.45) is 4.10. The first-order valence-electron chi connectivity index (χ1n) is 10.1. The number of nitrogens with one attached hydrogen (secondary N) is 1. The number of aromatic nitrogens is 4. The van der Waals surface area contributed by atoms with Gasteiger partial charge in [0.15, 0.2) is 17.0 Å². The van der Waals surface area contributed by atoms with Gasteiger partial charge in [0.2, 0.25) is 5.82 Å². The molecule has 2 aromatic heterocycles. The number of carbonyl (C=O) groups is 1. The summed E-state index contributed by atoms with van der Waals surface area (Å²) in [7, 11) is 1.73. The minimum atomic E-state index is -1.07. The SMILES string of the molecule is Cn1c(-c2cccc(F)c2)nc2c(NCC(=O)O)nc(C#CC3(O)CCCCC3)nc21.